The van der Waals surface area contributed by atoms with E-state index in [1.807, 2.05) is 71.4 Å². The van der Waals surface area contributed by atoms with Gasteiger partial charge < -0.3 is 5.32 Å². The highest BCUT2D eigenvalue weighted by atomic mass is 32.1. The van der Waals surface area contributed by atoms with Crippen LogP contribution < -0.4 is 5.32 Å². The number of hydrogen-bond donors (Lipinski definition) is 1. The topological polar surface area (TPSA) is 46.4 Å². The lowest BCUT2D eigenvalue weighted by Crippen LogP contribution is -2.14. The Bertz CT molecular complexity index is 1040. The predicted octanol–water partition coefficient (Wildman–Crippen LogP) is 4.94. The lowest BCUT2D eigenvalue weighted by molar-refractivity contribution is -0.116. The number of aromatic nitrogens is 2. The van der Waals surface area contributed by atoms with Crippen LogP contribution >= 0.6 is 11.3 Å². The molecule has 1 N–H and O–H groups in total. The van der Waals surface area contributed by atoms with Gasteiger partial charge in [0.25, 0.3) is 0 Å². The molecule has 4 rings (SSSR count). The smallest absolute Gasteiger partial charge is 0.225 e. The van der Waals surface area contributed by atoms with Crippen molar-refractivity contribution in [2.75, 3.05) is 5.32 Å². The molecule has 0 saturated heterocycles. The number of imidazole rings is 1. The summed E-state index contributed by atoms with van der Waals surface area (Å²) in [5.41, 5.74) is 3.72. The Morgan fingerprint density at radius 2 is 1.96 bits per heavy atom. The van der Waals surface area contributed by atoms with Crippen LogP contribution in [-0.4, -0.2) is 15.3 Å². The van der Waals surface area contributed by atoms with Crippen LogP contribution in [0.2, 0.25) is 0 Å². The van der Waals surface area contributed by atoms with Crippen LogP contribution in [0.5, 0.6) is 0 Å². The van der Waals surface area contributed by atoms with Crippen LogP contribution in [0.25, 0.3) is 16.9 Å². The summed E-state index contributed by atoms with van der Waals surface area (Å²) in [6.07, 6.45) is 3.14. The highest BCUT2D eigenvalue weighted by Crippen LogP contribution is 2.30. The molecule has 0 aliphatic carbocycles. The molecule has 5 heteroatoms. The molecule has 1 aromatic carbocycles. The molecule has 0 radical (unpaired) electrons. The SMILES string of the molecule is Cc1cccn2c(NC(=O)CCc3cccs3)c(-c3ccccc3)nc12. The highest BCUT2D eigenvalue weighted by Gasteiger charge is 2.17. The summed E-state index contributed by atoms with van der Waals surface area (Å²) in [5, 5.41) is 5.12. The van der Waals surface area contributed by atoms with Gasteiger partial charge in [0.05, 0.1) is 0 Å². The second-order valence-electron chi connectivity index (χ2n) is 6.19. The van der Waals surface area contributed by atoms with E-state index in [0.717, 1.165) is 34.7 Å². The van der Waals surface area contributed by atoms with Gasteiger partial charge >= 0.3 is 0 Å². The second-order valence-corrected chi connectivity index (χ2v) is 7.22. The number of carbonyl (C=O) groups excluding carboxylic acids is 1. The molecule has 130 valence electrons. The first-order chi connectivity index (χ1) is 12.7. The number of anilines is 1. The van der Waals surface area contributed by atoms with Gasteiger partial charge in [-0.25, -0.2) is 4.98 Å². The fourth-order valence-electron chi connectivity index (χ4n) is 3.01. The molecule has 0 unspecified atom stereocenters. The number of thiophene rings is 1. The average molecular weight is 361 g/mol. The monoisotopic (exact) mass is 361 g/mol. The molecular formula is C21H19N3OS. The number of hydrogen-bond acceptors (Lipinski definition) is 3. The number of carbonyl (C=O) groups is 1. The lowest BCUT2D eigenvalue weighted by Gasteiger charge is -2.08. The molecule has 3 heterocycles. The van der Waals surface area contributed by atoms with E-state index in [1.54, 1.807) is 11.3 Å². The van der Waals surface area contributed by atoms with Crippen molar-refractivity contribution >= 4 is 28.7 Å². The molecule has 1 amide bonds. The molecule has 0 atom stereocenters. The number of nitrogens with one attached hydrogen (secondary N) is 1. The molecule has 0 aliphatic rings. The number of amides is 1. The van der Waals surface area contributed by atoms with E-state index >= 15 is 0 Å². The van der Waals surface area contributed by atoms with E-state index in [9.17, 15) is 4.79 Å². The fourth-order valence-corrected chi connectivity index (χ4v) is 3.72. The molecule has 0 saturated carbocycles. The Morgan fingerprint density at radius 3 is 2.73 bits per heavy atom. The molecule has 4 nitrogen and oxygen atoms in total. The number of fused-ring (bicyclic) bond motifs is 1. The standard InChI is InChI=1S/C21H19N3OS/c1-15-7-5-13-24-20(15)23-19(16-8-3-2-4-9-16)21(24)22-18(25)12-11-17-10-6-14-26-17/h2-10,13-14H,11-12H2,1H3,(H,22,25). The zero-order valence-electron chi connectivity index (χ0n) is 14.5. The summed E-state index contributed by atoms with van der Waals surface area (Å²) in [7, 11) is 0. The van der Waals surface area contributed by atoms with Gasteiger partial charge in [-0.2, -0.15) is 0 Å². The Labute approximate surface area is 156 Å². The van der Waals surface area contributed by atoms with Crippen molar-refractivity contribution in [1.29, 1.82) is 0 Å². The van der Waals surface area contributed by atoms with Crippen molar-refractivity contribution in [2.45, 2.75) is 19.8 Å². The lowest BCUT2D eigenvalue weighted by atomic mass is 10.1. The molecule has 0 bridgehead atoms. The van der Waals surface area contributed by atoms with Gasteiger partial charge in [-0.1, -0.05) is 42.5 Å². The minimum Gasteiger partial charge on any atom is -0.310 e. The summed E-state index contributed by atoms with van der Waals surface area (Å²) in [6.45, 7) is 2.03. The van der Waals surface area contributed by atoms with E-state index in [1.165, 1.54) is 4.88 Å². The predicted molar refractivity (Wildman–Crippen MR) is 107 cm³/mol. The van der Waals surface area contributed by atoms with Crippen LogP contribution in [0.1, 0.15) is 16.9 Å². The van der Waals surface area contributed by atoms with Crippen molar-refractivity contribution in [3.63, 3.8) is 0 Å². The first-order valence-corrected chi connectivity index (χ1v) is 9.45. The largest absolute Gasteiger partial charge is 0.310 e. The third-order valence-corrected chi connectivity index (χ3v) is 5.26. The minimum absolute atomic E-state index is 0.00103. The van der Waals surface area contributed by atoms with E-state index in [0.29, 0.717) is 6.42 Å². The molecule has 26 heavy (non-hydrogen) atoms. The maximum atomic E-state index is 12.6. The number of rotatable bonds is 5. The Kier molecular flexibility index (Phi) is 4.54. The van der Waals surface area contributed by atoms with Crippen LogP contribution in [0, 0.1) is 6.92 Å². The van der Waals surface area contributed by atoms with Crippen LogP contribution in [0.15, 0.2) is 66.2 Å². The zero-order valence-corrected chi connectivity index (χ0v) is 15.3. The van der Waals surface area contributed by atoms with Gasteiger partial charge in [-0.3, -0.25) is 9.20 Å². The Balaban J connectivity index is 1.68. The Hall–Kier alpha value is -2.92. The van der Waals surface area contributed by atoms with E-state index < -0.39 is 0 Å². The summed E-state index contributed by atoms with van der Waals surface area (Å²) in [5.74, 6) is 0.727. The zero-order chi connectivity index (χ0) is 17.9. The molecule has 3 aromatic heterocycles. The summed E-state index contributed by atoms with van der Waals surface area (Å²) in [6, 6.07) is 18.0. The third kappa shape index (κ3) is 3.26. The van der Waals surface area contributed by atoms with Gasteiger partial charge in [0.15, 0.2) is 0 Å². The summed E-state index contributed by atoms with van der Waals surface area (Å²) in [4.78, 5) is 18.6. The molecule has 0 fully saturated rings. The van der Waals surface area contributed by atoms with Crippen molar-refractivity contribution in [3.05, 3.63) is 76.6 Å². The van der Waals surface area contributed by atoms with Gasteiger partial charge in [-0.05, 0) is 36.4 Å². The second kappa shape index (κ2) is 7.14. The molecule has 0 spiro atoms. The first kappa shape index (κ1) is 16.5. The summed E-state index contributed by atoms with van der Waals surface area (Å²) >= 11 is 1.68. The van der Waals surface area contributed by atoms with Gasteiger partial charge in [-0.15, -0.1) is 11.3 Å². The van der Waals surface area contributed by atoms with E-state index in [2.05, 4.69) is 11.4 Å². The number of benzene rings is 1. The van der Waals surface area contributed by atoms with Crippen LogP contribution in [0.3, 0.4) is 0 Å². The average Bonchev–Trinajstić information content (AvgIpc) is 3.30. The maximum Gasteiger partial charge on any atom is 0.225 e. The van der Waals surface area contributed by atoms with Crippen molar-refractivity contribution in [3.8, 4) is 11.3 Å². The van der Waals surface area contributed by atoms with Crippen LogP contribution in [-0.2, 0) is 11.2 Å². The fraction of sp³-hybridized carbons (Fsp3) is 0.143. The minimum atomic E-state index is -0.00103. The van der Waals surface area contributed by atoms with E-state index in [-0.39, 0.29) is 5.91 Å². The number of aryl methyl sites for hydroxylation is 2. The number of nitrogens with zero attached hydrogens (tertiary/aromatic N) is 2. The third-order valence-electron chi connectivity index (χ3n) is 4.33. The quantitative estimate of drug-likeness (QED) is 0.547. The number of pyridine rings is 1. The van der Waals surface area contributed by atoms with E-state index in [4.69, 9.17) is 4.98 Å². The van der Waals surface area contributed by atoms with Gasteiger partial charge in [0, 0.05) is 23.1 Å². The van der Waals surface area contributed by atoms with Crippen molar-refractivity contribution < 1.29 is 4.79 Å². The first-order valence-electron chi connectivity index (χ1n) is 8.58. The van der Waals surface area contributed by atoms with Crippen LogP contribution in [0.4, 0.5) is 5.82 Å². The van der Waals surface area contributed by atoms with Crippen molar-refractivity contribution in [2.24, 2.45) is 0 Å². The van der Waals surface area contributed by atoms with Gasteiger partial charge in [0.1, 0.15) is 17.2 Å². The molecule has 4 aromatic rings. The van der Waals surface area contributed by atoms with Gasteiger partial charge in [0.2, 0.25) is 5.91 Å². The molecule has 0 aliphatic heterocycles. The van der Waals surface area contributed by atoms with Crippen molar-refractivity contribution in [1.82, 2.24) is 9.38 Å². The Morgan fingerprint density at radius 1 is 1.12 bits per heavy atom. The highest BCUT2D eigenvalue weighted by molar-refractivity contribution is 7.09. The maximum absolute atomic E-state index is 12.6. The summed E-state index contributed by atoms with van der Waals surface area (Å²) < 4.78 is 1.96. The molecular weight excluding hydrogens is 342 g/mol. The normalized spacial score (nSPS) is 11.0.